The number of hydrogen-bond donors (Lipinski definition) is 2. The number of hydrogen-bond acceptors (Lipinski definition) is 2. The van der Waals surface area contributed by atoms with E-state index in [-0.39, 0.29) is 23.9 Å². The maximum Gasteiger partial charge on any atom is 0.225 e. The summed E-state index contributed by atoms with van der Waals surface area (Å²) >= 11 is 0. The normalized spacial score (nSPS) is 29.8. The third-order valence-electron chi connectivity index (χ3n) is 4.59. The molecule has 1 fully saturated rings. The molecule has 0 aromatic heterocycles. The van der Waals surface area contributed by atoms with Gasteiger partial charge in [-0.1, -0.05) is 30.7 Å². The Bertz CT molecular complexity index is 472. The Kier molecular flexibility index (Phi) is 3.56. The van der Waals surface area contributed by atoms with Crippen LogP contribution in [0.2, 0.25) is 0 Å². The van der Waals surface area contributed by atoms with Gasteiger partial charge in [0.2, 0.25) is 5.91 Å². The van der Waals surface area contributed by atoms with Crippen molar-refractivity contribution in [1.82, 2.24) is 5.32 Å². The summed E-state index contributed by atoms with van der Waals surface area (Å²) in [6.45, 7) is 0. The van der Waals surface area contributed by atoms with Gasteiger partial charge < -0.3 is 11.1 Å². The zero-order chi connectivity index (χ0) is 13.2. The van der Waals surface area contributed by atoms with Crippen LogP contribution in [-0.4, -0.2) is 11.9 Å². The SMILES string of the molecule is N[C@@H]1CCC[C@H]1C(=O)N[C@@H]1CCCc2ccccc21. The van der Waals surface area contributed by atoms with Crippen molar-refractivity contribution >= 4 is 5.91 Å². The summed E-state index contributed by atoms with van der Waals surface area (Å²) < 4.78 is 0. The van der Waals surface area contributed by atoms with Crippen LogP contribution in [0.1, 0.15) is 49.3 Å². The fraction of sp³-hybridized carbons (Fsp3) is 0.562. The Hall–Kier alpha value is -1.35. The van der Waals surface area contributed by atoms with E-state index in [2.05, 4.69) is 29.6 Å². The molecule has 2 aliphatic rings. The van der Waals surface area contributed by atoms with Crippen LogP contribution in [0.15, 0.2) is 24.3 Å². The van der Waals surface area contributed by atoms with Crippen molar-refractivity contribution in [3.05, 3.63) is 35.4 Å². The van der Waals surface area contributed by atoms with Gasteiger partial charge in [-0.25, -0.2) is 0 Å². The summed E-state index contributed by atoms with van der Waals surface area (Å²) in [5, 5.41) is 3.23. The molecule has 2 aliphatic carbocycles. The first-order valence-electron chi connectivity index (χ1n) is 7.39. The first-order valence-corrected chi connectivity index (χ1v) is 7.39. The maximum absolute atomic E-state index is 12.3. The lowest BCUT2D eigenvalue weighted by Gasteiger charge is -2.28. The molecule has 1 saturated carbocycles. The molecule has 19 heavy (non-hydrogen) atoms. The molecule has 1 aromatic rings. The van der Waals surface area contributed by atoms with Crippen molar-refractivity contribution < 1.29 is 4.79 Å². The quantitative estimate of drug-likeness (QED) is 0.855. The average Bonchev–Trinajstić information content (AvgIpc) is 2.85. The minimum absolute atomic E-state index is 0.0223. The van der Waals surface area contributed by atoms with Crippen LogP contribution in [-0.2, 0) is 11.2 Å². The number of fused-ring (bicyclic) bond motifs is 1. The second kappa shape index (κ2) is 5.33. The minimum atomic E-state index is 0.0223. The van der Waals surface area contributed by atoms with E-state index in [1.165, 1.54) is 11.1 Å². The second-order valence-corrected chi connectivity index (χ2v) is 5.85. The van der Waals surface area contributed by atoms with Crippen LogP contribution < -0.4 is 11.1 Å². The molecule has 3 N–H and O–H groups in total. The van der Waals surface area contributed by atoms with Crippen LogP contribution >= 0.6 is 0 Å². The van der Waals surface area contributed by atoms with Crippen LogP contribution in [0.3, 0.4) is 0 Å². The highest BCUT2D eigenvalue weighted by Crippen LogP contribution is 2.31. The molecule has 1 aromatic carbocycles. The van der Waals surface area contributed by atoms with Gasteiger partial charge in [0, 0.05) is 6.04 Å². The highest BCUT2D eigenvalue weighted by molar-refractivity contribution is 5.80. The number of carbonyl (C=O) groups is 1. The third kappa shape index (κ3) is 2.52. The first kappa shape index (κ1) is 12.7. The molecule has 102 valence electrons. The zero-order valence-electron chi connectivity index (χ0n) is 11.3. The standard InChI is InChI=1S/C16H22N2O/c17-14-9-4-8-13(14)16(19)18-15-10-3-6-11-5-1-2-7-12(11)15/h1-2,5,7,13-15H,3-4,6,8-10,17H2,(H,18,19)/t13-,14-,15-/m1/s1. The predicted octanol–water partition coefficient (Wildman–Crippen LogP) is 2.31. The molecular formula is C16H22N2O. The van der Waals surface area contributed by atoms with Crippen molar-refractivity contribution in [3.8, 4) is 0 Å². The van der Waals surface area contributed by atoms with E-state index >= 15 is 0 Å². The van der Waals surface area contributed by atoms with Gasteiger partial charge in [-0.2, -0.15) is 0 Å². The highest BCUT2D eigenvalue weighted by atomic mass is 16.2. The van der Waals surface area contributed by atoms with E-state index < -0.39 is 0 Å². The van der Waals surface area contributed by atoms with Crippen LogP contribution in [0, 0.1) is 5.92 Å². The highest BCUT2D eigenvalue weighted by Gasteiger charge is 2.32. The molecule has 0 heterocycles. The van der Waals surface area contributed by atoms with Crippen molar-refractivity contribution in [2.24, 2.45) is 11.7 Å². The summed E-state index contributed by atoms with van der Waals surface area (Å²) in [5.41, 5.74) is 8.70. The molecule has 0 unspecified atom stereocenters. The predicted molar refractivity (Wildman–Crippen MR) is 75.6 cm³/mol. The van der Waals surface area contributed by atoms with Crippen molar-refractivity contribution in [3.63, 3.8) is 0 Å². The van der Waals surface area contributed by atoms with Gasteiger partial charge >= 0.3 is 0 Å². The molecule has 0 spiro atoms. The molecule has 1 amide bonds. The van der Waals surface area contributed by atoms with E-state index in [9.17, 15) is 4.79 Å². The number of amides is 1. The van der Waals surface area contributed by atoms with E-state index in [4.69, 9.17) is 5.73 Å². The molecule has 3 rings (SSSR count). The third-order valence-corrected chi connectivity index (χ3v) is 4.59. The number of aryl methyl sites for hydroxylation is 1. The molecule has 3 heteroatoms. The van der Waals surface area contributed by atoms with Gasteiger partial charge in [-0.3, -0.25) is 4.79 Å². The fourth-order valence-corrected chi connectivity index (χ4v) is 3.50. The smallest absolute Gasteiger partial charge is 0.225 e. The molecule has 3 nitrogen and oxygen atoms in total. The Morgan fingerprint density at radius 1 is 1.16 bits per heavy atom. The van der Waals surface area contributed by atoms with Crippen LogP contribution in [0.25, 0.3) is 0 Å². The summed E-state index contributed by atoms with van der Waals surface area (Å²) in [4.78, 5) is 12.3. The van der Waals surface area contributed by atoms with Crippen LogP contribution in [0.4, 0.5) is 0 Å². The lowest BCUT2D eigenvalue weighted by molar-refractivity contribution is -0.126. The summed E-state index contributed by atoms with van der Waals surface area (Å²) in [6.07, 6.45) is 6.34. The number of nitrogens with two attached hydrogens (primary N) is 1. The molecule has 0 bridgehead atoms. The molecule has 0 radical (unpaired) electrons. The van der Waals surface area contributed by atoms with E-state index in [1.54, 1.807) is 0 Å². The lowest BCUT2D eigenvalue weighted by Crippen LogP contribution is -2.41. The maximum atomic E-state index is 12.3. The minimum Gasteiger partial charge on any atom is -0.349 e. The Morgan fingerprint density at radius 3 is 2.79 bits per heavy atom. The zero-order valence-corrected chi connectivity index (χ0v) is 11.3. The Balaban J connectivity index is 1.72. The summed E-state index contributed by atoms with van der Waals surface area (Å²) in [6, 6.07) is 8.70. The van der Waals surface area contributed by atoms with Crippen LogP contribution in [0.5, 0.6) is 0 Å². The number of benzene rings is 1. The Morgan fingerprint density at radius 2 is 2.00 bits per heavy atom. The van der Waals surface area contributed by atoms with E-state index in [0.717, 1.165) is 38.5 Å². The van der Waals surface area contributed by atoms with Crippen molar-refractivity contribution in [1.29, 1.82) is 0 Å². The topological polar surface area (TPSA) is 55.1 Å². The molecular weight excluding hydrogens is 236 g/mol. The second-order valence-electron chi connectivity index (χ2n) is 5.85. The van der Waals surface area contributed by atoms with E-state index in [0.29, 0.717) is 0 Å². The summed E-state index contributed by atoms with van der Waals surface area (Å²) in [7, 11) is 0. The van der Waals surface area contributed by atoms with E-state index in [1.807, 2.05) is 0 Å². The largest absolute Gasteiger partial charge is 0.349 e. The van der Waals surface area contributed by atoms with Gasteiger partial charge in [0.15, 0.2) is 0 Å². The first-order chi connectivity index (χ1) is 9.25. The van der Waals surface area contributed by atoms with Gasteiger partial charge in [0.05, 0.1) is 12.0 Å². The number of nitrogens with one attached hydrogen (secondary N) is 1. The number of carbonyl (C=O) groups excluding carboxylic acids is 1. The number of rotatable bonds is 2. The molecule has 0 aliphatic heterocycles. The molecule has 3 atom stereocenters. The Labute approximate surface area is 114 Å². The average molecular weight is 258 g/mol. The van der Waals surface area contributed by atoms with Gasteiger partial charge in [-0.15, -0.1) is 0 Å². The van der Waals surface area contributed by atoms with Gasteiger partial charge in [0.1, 0.15) is 0 Å². The van der Waals surface area contributed by atoms with Gasteiger partial charge in [-0.05, 0) is 43.2 Å². The lowest BCUT2D eigenvalue weighted by atomic mass is 9.87. The monoisotopic (exact) mass is 258 g/mol. The van der Waals surface area contributed by atoms with Crippen molar-refractivity contribution in [2.45, 2.75) is 50.6 Å². The van der Waals surface area contributed by atoms with Crippen molar-refractivity contribution in [2.75, 3.05) is 0 Å². The fourth-order valence-electron chi connectivity index (χ4n) is 3.50. The molecule has 0 saturated heterocycles. The van der Waals surface area contributed by atoms with Gasteiger partial charge in [0.25, 0.3) is 0 Å². The summed E-state index contributed by atoms with van der Waals surface area (Å²) in [5.74, 6) is 0.181.